The summed E-state index contributed by atoms with van der Waals surface area (Å²) in [6.07, 6.45) is 1.42. The van der Waals surface area contributed by atoms with Gasteiger partial charge in [0.25, 0.3) is 0 Å². The van der Waals surface area contributed by atoms with Gasteiger partial charge in [-0.3, -0.25) is 4.98 Å². The molecule has 2 heterocycles. The average Bonchev–Trinajstić information content (AvgIpc) is 2.50. The normalized spacial score (nSPS) is 22.8. The van der Waals surface area contributed by atoms with Gasteiger partial charge in [-0.05, 0) is 32.0 Å². The van der Waals surface area contributed by atoms with E-state index in [9.17, 15) is 9.50 Å². The minimum absolute atomic E-state index is 0.00742. The molecule has 1 aromatic carbocycles. The highest BCUT2D eigenvalue weighted by Gasteiger charge is 2.26. The van der Waals surface area contributed by atoms with Gasteiger partial charge in [-0.15, -0.1) is 0 Å². The molecule has 21 heavy (non-hydrogen) atoms. The number of aliphatic hydroxyl groups is 1. The van der Waals surface area contributed by atoms with Crippen LogP contribution in [0, 0.1) is 12.7 Å². The number of pyridine rings is 1. The number of ether oxygens (including phenoxy) is 1. The van der Waals surface area contributed by atoms with Crippen molar-refractivity contribution in [2.75, 3.05) is 24.6 Å². The SMILES string of the molecule is Cc1c(F)cc(N2C[C@H](CO)O[C@H](C)C2)c2cccnc12. The van der Waals surface area contributed by atoms with Crippen LogP contribution in [0.3, 0.4) is 0 Å². The fraction of sp³-hybridized carbons (Fsp3) is 0.438. The van der Waals surface area contributed by atoms with Gasteiger partial charge < -0.3 is 14.7 Å². The number of nitrogens with zero attached hydrogens (tertiary/aromatic N) is 2. The van der Waals surface area contributed by atoms with Crippen molar-refractivity contribution in [3.05, 3.63) is 35.8 Å². The van der Waals surface area contributed by atoms with E-state index < -0.39 is 0 Å². The van der Waals surface area contributed by atoms with Gasteiger partial charge in [0, 0.05) is 35.9 Å². The number of morpholine rings is 1. The maximum absolute atomic E-state index is 14.2. The molecule has 112 valence electrons. The summed E-state index contributed by atoms with van der Waals surface area (Å²) in [6.45, 7) is 4.88. The number of aromatic nitrogens is 1. The lowest BCUT2D eigenvalue weighted by Crippen LogP contribution is -2.48. The molecular formula is C16H19FN2O2. The molecule has 2 aromatic rings. The van der Waals surface area contributed by atoms with E-state index in [2.05, 4.69) is 9.88 Å². The topological polar surface area (TPSA) is 45.6 Å². The second-order valence-electron chi connectivity index (χ2n) is 5.56. The molecule has 1 N–H and O–H groups in total. The zero-order chi connectivity index (χ0) is 15.0. The standard InChI is InChI=1S/C16H19FN2O2/c1-10-7-19(8-12(9-20)21-10)15-6-14(17)11(2)16-13(15)4-3-5-18-16/h3-6,10,12,20H,7-9H2,1-2H3/t10-,12-/m1/s1. The molecule has 2 atom stereocenters. The van der Waals surface area contributed by atoms with Crippen molar-refractivity contribution in [2.24, 2.45) is 0 Å². The van der Waals surface area contributed by atoms with Crippen LogP contribution in [0.5, 0.6) is 0 Å². The van der Waals surface area contributed by atoms with Crippen LogP contribution in [0.1, 0.15) is 12.5 Å². The van der Waals surface area contributed by atoms with Crippen LogP contribution in [0.15, 0.2) is 24.4 Å². The van der Waals surface area contributed by atoms with E-state index in [1.165, 1.54) is 0 Å². The monoisotopic (exact) mass is 290 g/mol. The van der Waals surface area contributed by atoms with Crippen molar-refractivity contribution in [3.8, 4) is 0 Å². The Labute approximate surface area is 123 Å². The number of benzene rings is 1. The lowest BCUT2D eigenvalue weighted by molar-refractivity contribution is -0.0420. The molecule has 5 heteroatoms. The number of aryl methyl sites for hydroxylation is 1. The molecule has 0 unspecified atom stereocenters. The summed E-state index contributed by atoms with van der Waals surface area (Å²) in [7, 11) is 0. The zero-order valence-corrected chi connectivity index (χ0v) is 12.2. The first-order chi connectivity index (χ1) is 10.1. The summed E-state index contributed by atoms with van der Waals surface area (Å²) in [5, 5.41) is 10.3. The molecule has 1 aliphatic rings. The smallest absolute Gasteiger partial charge is 0.130 e. The van der Waals surface area contributed by atoms with Crippen molar-refractivity contribution in [3.63, 3.8) is 0 Å². The van der Waals surface area contributed by atoms with E-state index >= 15 is 0 Å². The number of fused-ring (bicyclic) bond motifs is 1. The van der Waals surface area contributed by atoms with Crippen LogP contribution in [0.25, 0.3) is 10.9 Å². The van der Waals surface area contributed by atoms with Gasteiger partial charge in [-0.2, -0.15) is 0 Å². The van der Waals surface area contributed by atoms with Gasteiger partial charge in [-0.25, -0.2) is 4.39 Å². The number of hydrogen-bond acceptors (Lipinski definition) is 4. The summed E-state index contributed by atoms with van der Waals surface area (Å²) in [4.78, 5) is 6.38. The fourth-order valence-corrected chi connectivity index (χ4v) is 2.93. The highest BCUT2D eigenvalue weighted by Crippen LogP contribution is 2.31. The van der Waals surface area contributed by atoms with Crippen molar-refractivity contribution in [1.82, 2.24) is 4.98 Å². The molecular weight excluding hydrogens is 271 g/mol. The van der Waals surface area contributed by atoms with Gasteiger partial charge in [0.15, 0.2) is 0 Å². The Morgan fingerprint density at radius 1 is 1.48 bits per heavy atom. The molecule has 0 aliphatic carbocycles. The van der Waals surface area contributed by atoms with Crippen LogP contribution < -0.4 is 4.90 Å². The summed E-state index contributed by atoms with van der Waals surface area (Å²) in [5.41, 5.74) is 2.07. The Balaban J connectivity index is 2.09. The van der Waals surface area contributed by atoms with Crippen molar-refractivity contribution >= 4 is 16.6 Å². The quantitative estimate of drug-likeness (QED) is 0.921. The lowest BCUT2D eigenvalue weighted by Gasteiger charge is -2.38. The van der Waals surface area contributed by atoms with Gasteiger partial charge in [-0.1, -0.05) is 0 Å². The van der Waals surface area contributed by atoms with Crippen LogP contribution in [-0.2, 0) is 4.74 Å². The minimum atomic E-state index is -0.254. The predicted octanol–water partition coefficient (Wildman–Crippen LogP) is 2.27. The molecule has 3 rings (SSSR count). The second kappa shape index (κ2) is 5.58. The third kappa shape index (κ3) is 2.59. The number of halogens is 1. The first kappa shape index (κ1) is 14.2. The van der Waals surface area contributed by atoms with Crippen LogP contribution in [0.4, 0.5) is 10.1 Å². The summed E-state index contributed by atoms with van der Waals surface area (Å²) >= 11 is 0. The average molecular weight is 290 g/mol. The maximum atomic E-state index is 14.2. The first-order valence-electron chi connectivity index (χ1n) is 7.15. The van der Waals surface area contributed by atoms with E-state index in [1.54, 1.807) is 19.2 Å². The molecule has 0 spiro atoms. The summed E-state index contributed by atoms with van der Waals surface area (Å²) in [6, 6.07) is 5.38. The van der Waals surface area contributed by atoms with Crippen LogP contribution >= 0.6 is 0 Å². The van der Waals surface area contributed by atoms with E-state index in [-0.39, 0.29) is 24.6 Å². The van der Waals surface area contributed by atoms with Crippen molar-refractivity contribution in [2.45, 2.75) is 26.1 Å². The second-order valence-corrected chi connectivity index (χ2v) is 5.56. The molecule has 0 saturated carbocycles. The maximum Gasteiger partial charge on any atom is 0.130 e. The predicted molar refractivity (Wildman–Crippen MR) is 80.1 cm³/mol. The van der Waals surface area contributed by atoms with Gasteiger partial charge in [0.05, 0.1) is 24.3 Å². The Morgan fingerprint density at radius 2 is 2.29 bits per heavy atom. The van der Waals surface area contributed by atoms with Gasteiger partial charge >= 0.3 is 0 Å². The highest BCUT2D eigenvalue weighted by atomic mass is 19.1. The highest BCUT2D eigenvalue weighted by molar-refractivity contribution is 5.94. The third-order valence-electron chi connectivity index (χ3n) is 3.93. The Kier molecular flexibility index (Phi) is 3.78. The van der Waals surface area contributed by atoms with Crippen LogP contribution in [0.2, 0.25) is 0 Å². The van der Waals surface area contributed by atoms with Crippen molar-refractivity contribution < 1.29 is 14.2 Å². The minimum Gasteiger partial charge on any atom is -0.394 e. The zero-order valence-electron chi connectivity index (χ0n) is 12.2. The summed E-state index contributed by atoms with van der Waals surface area (Å²) in [5.74, 6) is -0.254. The Bertz CT molecular complexity index is 662. The summed E-state index contributed by atoms with van der Waals surface area (Å²) < 4.78 is 19.8. The Morgan fingerprint density at radius 3 is 3.05 bits per heavy atom. The molecule has 1 fully saturated rings. The van der Waals surface area contributed by atoms with Crippen LogP contribution in [-0.4, -0.2) is 42.0 Å². The lowest BCUT2D eigenvalue weighted by atomic mass is 10.1. The molecule has 0 bridgehead atoms. The van der Waals surface area contributed by atoms with E-state index in [0.29, 0.717) is 24.2 Å². The van der Waals surface area contributed by atoms with E-state index in [1.807, 2.05) is 19.1 Å². The molecule has 1 saturated heterocycles. The van der Waals surface area contributed by atoms with E-state index in [4.69, 9.17) is 4.74 Å². The number of rotatable bonds is 2. The Hall–Kier alpha value is -1.72. The molecule has 0 amide bonds. The number of anilines is 1. The first-order valence-corrected chi connectivity index (χ1v) is 7.15. The van der Waals surface area contributed by atoms with Gasteiger partial charge in [0.1, 0.15) is 5.82 Å². The largest absolute Gasteiger partial charge is 0.394 e. The molecule has 1 aromatic heterocycles. The molecule has 4 nitrogen and oxygen atoms in total. The number of aliphatic hydroxyl groups excluding tert-OH is 1. The fourth-order valence-electron chi connectivity index (χ4n) is 2.93. The van der Waals surface area contributed by atoms with Crippen molar-refractivity contribution in [1.29, 1.82) is 0 Å². The molecule has 0 radical (unpaired) electrons. The third-order valence-corrected chi connectivity index (χ3v) is 3.93. The van der Waals surface area contributed by atoms with Gasteiger partial charge in [0.2, 0.25) is 0 Å². The molecule has 1 aliphatic heterocycles. The number of hydrogen-bond donors (Lipinski definition) is 1. The van der Waals surface area contributed by atoms with E-state index in [0.717, 1.165) is 11.1 Å².